The topological polar surface area (TPSA) is 228 Å². The molecule has 9 N–H and O–H groups in total. The van der Waals surface area contributed by atoms with Gasteiger partial charge in [-0.15, -0.1) is 0 Å². The molecule has 14 nitrogen and oxygen atoms in total. The minimum Gasteiger partial charge on any atom is -0.394 e. The van der Waals surface area contributed by atoms with Crippen LogP contribution >= 0.6 is 0 Å². The fraction of sp³-hybridized carbons (Fsp3) is 0.966. The normalized spacial score (nSPS) is 21.7. The lowest BCUT2D eigenvalue weighted by Crippen LogP contribution is -2.65. The lowest BCUT2D eigenvalue weighted by Gasteiger charge is -2.46. The molecule has 0 saturated carbocycles. The van der Waals surface area contributed by atoms with Crippen LogP contribution in [0.15, 0.2) is 12.2 Å². The summed E-state index contributed by atoms with van der Waals surface area (Å²) in [4.78, 5) is 13.4. The Morgan fingerprint density at radius 1 is 0.347 bits per heavy atom. The maximum atomic E-state index is 13.4. The van der Waals surface area contributed by atoms with Gasteiger partial charge in [0.25, 0.3) is 0 Å². The van der Waals surface area contributed by atoms with Crippen molar-refractivity contribution in [1.82, 2.24) is 5.32 Å². The van der Waals surface area contributed by atoms with Crippen molar-refractivity contribution in [3.05, 3.63) is 12.2 Å². The summed E-state index contributed by atoms with van der Waals surface area (Å²) in [6, 6.07) is -0.827. The zero-order valence-electron chi connectivity index (χ0n) is 66.2. The monoisotopic (exact) mass is 1440 g/mol. The standard InChI is InChI=1S/C87H169NO13/c1-3-5-7-9-11-13-15-17-19-21-23-25-27-29-31-33-35-36-37-38-39-40-41-43-45-47-49-51-53-55-57-59-61-63-65-67-69-71-79(92)88-75(74-98-86-84(97)82(95)85(78(73-90)100-86)101-87-83(96)81(94)80(93)77(72-89)99-87)76(91)70-68-66-64-62-60-58-56-54-52-50-48-46-44-42-34-32-30-28-26-24-22-20-18-16-14-12-10-8-6-4-2/h21,23,75-78,80-87,89-91,93-97H,3-20,22,24-74H2,1-2H3,(H,88,92)/b23-21-. The van der Waals surface area contributed by atoms with E-state index in [0.29, 0.717) is 12.8 Å². The number of nitrogens with one attached hydrogen (secondary N) is 1. The lowest BCUT2D eigenvalue weighted by atomic mass is 9.97. The number of hydrogen-bond acceptors (Lipinski definition) is 13. The predicted molar refractivity (Wildman–Crippen MR) is 420 cm³/mol. The Hall–Kier alpha value is -1.27. The third-order valence-corrected chi connectivity index (χ3v) is 22.2. The minimum absolute atomic E-state index is 0.195. The van der Waals surface area contributed by atoms with Crippen LogP contribution in [0.1, 0.15) is 444 Å². The van der Waals surface area contributed by atoms with Crippen LogP contribution in [0.4, 0.5) is 0 Å². The molecule has 2 fully saturated rings. The van der Waals surface area contributed by atoms with Gasteiger partial charge in [0.05, 0.1) is 32.0 Å². The zero-order chi connectivity index (χ0) is 73.0. The van der Waals surface area contributed by atoms with E-state index in [0.717, 1.165) is 51.4 Å². The van der Waals surface area contributed by atoms with Crippen LogP contribution in [0.2, 0.25) is 0 Å². The Morgan fingerprint density at radius 2 is 0.624 bits per heavy atom. The summed E-state index contributed by atoms with van der Waals surface area (Å²) < 4.78 is 23.0. The van der Waals surface area contributed by atoms with Gasteiger partial charge in [-0.3, -0.25) is 4.79 Å². The minimum atomic E-state index is -1.78. The second-order valence-electron chi connectivity index (χ2n) is 31.7. The fourth-order valence-corrected chi connectivity index (χ4v) is 15.2. The molecule has 0 aromatic carbocycles. The molecule has 12 unspecified atom stereocenters. The van der Waals surface area contributed by atoms with E-state index in [1.807, 2.05) is 0 Å². The Bertz CT molecular complexity index is 1740. The highest BCUT2D eigenvalue weighted by atomic mass is 16.7. The highest BCUT2D eigenvalue weighted by Crippen LogP contribution is 2.31. The van der Waals surface area contributed by atoms with Crippen LogP contribution < -0.4 is 5.32 Å². The van der Waals surface area contributed by atoms with E-state index in [9.17, 15) is 45.6 Å². The molecule has 101 heavy (non-hydrogen) atoms. The summed E-state index contributed by atoms with van der Waals surface area (Å²) in [5, 5.41) is 88.0. The van der Waals surface area contributed by atoms with Gasteiger partial charge >= 0.3 is 0 Å². The van der Waals surface area contributed by atoms with Crippen LogP contribution in [-0.2, 0) is 23.7 Å². The van der Waals surface area contributed by atoms with E-state index in [-0.39, 0.29) is 12.5 Å². The Morgan fingerprint density at radius 3 is 0.941 bits per heavy atom. The van der Waals surface area contributed by atoms with Crippen LogP contribution in [0.5, 0.6) is 0 Å². The number of unbranched alkanes of at least 4 members (excludes halogenated alkanes) is 62. The molecule has 600 valence electrons. The highest BCUT2D eigenvalue weighted by molar-refractivity contribution is 5.76. The molecule has 2 saturated heterocycles. The summed E-state index contributed by atoms with van der Waals surface area (Å²) in [6.45, 7) is 2.95. The number of rotatable bonds is 77. The second kappa shape index (κ2) is 71.6. The Kier molecular flexibility index (Phi) is 68.0. The van der Waals surface area contributed by atoms with Crippen LogP contribution in [-0.4, -0.2) is 140 Å². The highest BCUT2D eigenvalue weighted by Gasteiger charge is 2.51. The molecule has 1 amide bonds. The molecular formula is C87H169NO13. The third-order valence-electron chi connectivity index (χ3n) is 22.2. The average Bonchev–Trinajstić information content (AvgIpc) is 0.792. The first-order valence-corrected chi connectivity index (χ1v) is 44.4. The second-order valence-corrected chi connectivity index (χ2v) is 31.7. The summed E-state index contributed by atoms with van der Waals surface area (Å²) in [5.41, 5.74) is 0. The number of aliphatic hydroxyl groups is 8. The first kappa shape index (κ1) is 95.8. The van der Waals surface area contributed by atoms with Gasteiger partial charge in [0, 0.05) is 6.42 Å². The lowest BCUT2D eigenvalue weighted by molar-refractivity contribution is -0.359. The van der Waals surface area contributed by atoms with Crippen molar-refractivity contribution in [2.75, 3.05) is 19.8 Å². The molecular weight excluding hydrogens is 1270 g/mol. The van der Waals surface area contributed by atoms with Crippen molar-refractivity contribution < 1.29 is 64.6 Å². The Labute approximate surface area is 622 Å². The van der Waals surface area contributed by atoms with E-state index < -0.39 is 86.8 Å². The molecule has 0 radical (unpaired) electrons. The number of aliphatic hydroxyl groups excluding tert-OH is 8. The summed E-state index contributed by atoms with van der Waals surface area (Å²) >= 11 is 0. The predicted octanol–water partition coefficient (Wildman–Crippen LogP) is 21.2. The summed E-state index contributed by atoms with van der Waals surface area (Å²) in [7, 11) is 0. The molecule has 0 aromatic heterocycles. The first-order valence-electron chi connectivity index (χ1n) is 44.4. The van der Waals surface area contributed by atoms with Gasteiger partial charge in [-0.05, 0) is 38.5 Å². The SMILES string of the molecule is CCCCCCCCCC/C=C\CCCCCCCCCCCCCCCCCCCCCCCCCCCC(=O)NC(COC1OC(CO)C(OC2OC(CO)C(O)C(O)C2O)C(O)C1O)C(O)CCCCCCCCCCCCCCCCCCCCCCCCCCCCCCCC. The molecule has 2 aliphatic heterocycles. The number of allylic oxidation sites excluding steroid dienone is 2. The van der Waals surface area contributed by atoms with Gasteiger partial charge in [0.2, 0.25) is 5.91 Å². The average molecular weight is 1440 g/mol. The third kappa shape index (κ3) is 54.1. The Balaban J connectivity index is 1.55. The molecule has 2 rings (SSSR count). The molecule has 14 heteroatoms. The molecule has 0 bridgehead atoms. The van der Waals surface area contributed by atoms with Crippen LogP contribution in [0.25, 0.3) is 0 Å². The van der Waals surface area contributed by atoms with Crippen molar-refractivity contribution in [2.24, 2.45) is 0 Å². The molecule has 2 aliphatic rings. The number of amides is 1. The van der Waals surface area contributed by atoms with Crippen molar-refractivity contribution >= 4 is 5.91 Å². The van der Waals surface area contributed by atoms with Crippen molar-refractivity contribution in [3.63, 3.8) is 0 Å². The molecule has 2 heterocycles. The molecule has 0 aromatic rings. The van der Waals surface area contributed by atoms with Gasteiger partial charge in [-0.2, -0.15) is 0 Å². The van der Waals surface area contributed by atoms with Gasteiger partial charge in [-0.25, -0.2) is 0 Å². The zero-order valence-corrected chi connectivity index (χ0v) is 66.2. The van der Waals surface area contributed by atoms with Crippen molar-refractivity contribution in [3.8, 4) is 0 Å². The maximum absolute atomic E-state index is 13.4. The molecule has 12 atom stereocenters. The fourth-order valence-electron chi connectivity index (χ4n) is 15.2. The van der Waals surface area contributed by atoms with E-state index in [4.69, 9.17) is 18.9 Å². The number of ether oxygens (including phenoxy) is 4. The molecule has 0 spiro atoms. The van der Waals surface area contributed by atoms with Crippen LogP contribution in [0.3, 0.4) is 0 Å². The number of carbonyl (C=O) groups is 1. The maximum Gasteiger partial charge on any atom is 0.220 e. The quantitative estimate of drug-likeness (QED) is 0.0204. The van der Waals surface area contributed by atoms with E-state index in [1.54, 1.807) is 0 Å². The van der Waals surface area contributed by atoms with Gasteiger partial charge in [-0.1, -0.05) is 411 Å². The van der Waals surface area contributed by atoms with E-state index >= 15 is 0 Å². The largest absolute Gasteiger partial charge is 0.394 e. The van der Waals surface area contributed by atoms with Crippen molar-refractivity contribution in [1.29, 1.82) is 0 Å². The van der Waals surface area contributed by atoms with E-state index in [1.165, 1.54) is 366 Å². The van der Waals surface area contributed by atoms with Crippen LogP contribution in [0, 0.1) is 0 Å². The molecule has 0 aliphatic carbocycles. The number of carbonyl (C=O) groups excluding carboxylic acids is 1. The summed E-state index contributed by atoms with van der Waals surface area (Å²) in [5.74, 6) is -0.195. The number of hydrogen-bond donors (Lipinski definition) is 9. The van der Waals surface area contributed by atoms with Gasteiger partial charge in [0.1, 0.15) is 48.8 Å². The summed E-state index contributed by atoms with van der Waals surface area (Å²) in [6.07, 6.45) is 75.8. The van der Waals surface area contributed by atoms with Crippen molar-refractivity contribution in [2.45, 2.75) is 518 Å². The van der Waals surface area contributed by atoms with E-state index in [2.05, 4.69) is 31.3 Å². The van der Waals surface area contributed by atoms with Gasteiger partial charge < -0.3 is 65.1 Å². The first-order chi connectivity index (χ1) is 49.6. The smallest absolute Gasteiger partial charge is 0.220 e. The van der Waals surface area contributed by atoms with Gasteiger partial charge in [0.15, 0.2) is 12.6 Å².